The molecule has 0 aliphatic carbocycles. The van der Waals surface area contributed by atoms with Crippen molar-refractivity contribution in [3.05, 3.63) is 29.6 Å². The number of methoxy groups -OCH3 is 1. The first kappa shape index (κ1) is 25.0. The fourth-order valence-electron chi connectivity index (χ4n) is 2.98. The third kappa shape index (κ3) is 6.21. The Kier molecular flexibility index (Phi) is 9.66. The van der Waals surface area contributed by atoms with Gasteiger partial charge in [0.05, 0.1) is 18.7 Å². The van der Waals surface area contributed by atoms with Crippen LogP contribution in [0.3, 0.4) is 0 Å². The maximum atomic E-state index is 13.7. The lowest BCUT2D eigenvalue weighted by molar-refractivity contribution is -0.146. The minimum Gasteiger partial charge on any atom is -0.469 e. The average Bonchev–Trinajstić information content (AvgIpc) is 3.06. The van der Waals surface area contributed by atoms with Gasteiger partial charge in [-0.15, -0.1) is 24.0 Å². The van der Waals surface area contributed by atoms with Crippen LogP contribution in [0.25, 0.3) is 0 Å². The Labute approximate surface area is 184 Å². The molecule has 11 heteroatoms. The lowest BCUT2D eigenvalue weighted by Gasteiger charge is -2.21. The zero-order valence-corrected chi connectivity index (χ0v) is 18.6. The van der Waals surface area contributed by atoms with Crippen molar-refractivity contribution in [3.63, 3.8) is 0 Å². The Morgan fingerprint density at radius 1 is 1.24 bits per heavy atom. The molecule has 0 aromatic heterocycles. The number of halogens is 4. The van der Waals surface area contributed by atoms with E-state index in [0.29, 0.717) is 25.6 Å². The highest BCUT2D eigenvalue weighted by Crippen LogP contribution is 2.24. The standard InChI is InChI=1S/C18H23F3N4O3.HI/c1-4-22-18(25-8-10(2)11(9-25)17(27)28-3)23-7-14(26)24-13-6-5-12(19)15(20)16(13)21;/h5-6,10-11H,4,7-9H2,1-3H3,(H,22,23)(H,24,26);1H. The van der Waals surface area contributed by atoms with Crippen molar-refractivity contribution in [2.24, 2.45) is 16.8 Å². The lowest BCUT2D eigenvalue weighted by Crippen LogP contribution is -2.41. The maximum absolute atomic E-state index is 13.7. The van der Waals surface area contributed by atoms with E-state index in [9.17, 15) is 22.8 Å². The van der Waals surface area contributed by atoms with Crippen molar-refractivity contribution >= 4 is 47.5 Å². The zero-order chi connectivity index (χ0) is 20.8. The highest BCUT2D eigenvalue weighted by molar-refractivity contribution is 14.0. The molecule has 0 bridgehead atoms. The van der Waals surface area contributed by atoms with Crippen molar-refractivity contribution in [3.8, 4) is 0 Å². The molecular weight excluding hydrogens is 504 g/mol. The van der Waals surface area contributed by atoms with Gasteiger partial charge in [-0.3, -0.25) is 9.59 Å². The number of likely N-dealkylation sites (tertiary alicyclic amines) is 1. The Balaban J connectivity index is 0.00000420. The normalized spacial score (nSPS) is 18.8. The van der Waals surface area contributed by atoms with E-state index in [0.717, 1.165) is 12.1 Å². The highest BCUT2D eigenvalue weighted by atomic mass is 127. The molecule has 1 heterocycles. The number of aliphatic imine (C=N–C) groups is 1. The Morgan fingerprint density at radius 3 is 2.55 bits per heavy atom. The number of guanidine groups is 1. The molecule has 7 nitrogen and oxygen atoms in total. The molecule has 1 aliphatic heterocycles. The number of carbonyl (C=O) groups excluding carboxylic acids is 2. The SMILES string of the molecule is CCNC(=NCC(=O)Nc1ccc(F)c(F)c1F)N1CC(C)C(C(=O)OC)C1.I. The van der Waals surface area contributed by atoms with E-state index < -0.39 is 29.0 Å². The topological polar surface area (TPSA) is 83.0 Å². The van der Waals surface area contributed by atoms with E-state index in [-0.39, 0.29) is 48.3 Å². The van der Waals surface area contributed by atoms with Gasteiger partial charge in [0.1, 0.15) is 6.54 Å². The first-order chi connectivity index (χ1) is 13.3. The summed E-state index contributed by atoms with van der Waals surface area (Å²) in [5, 5.41) is 5.19. The van der Waals surface area contributed by atoms with Crippen LogP contribution >= 0.6 is 24.0 Å². The number of esters is 1. The molecule has 2 rings (SSSR count). The molecular formula is C18H24F3IN4O3. The number of amides is 1. The van der Waals surface area contributed by atoms with Crippen LogP contribution in [-0.2, 0) is 14.3 Å². The van der Waals surface area contributed by atoms with Gasteiger partial charge in [0.15, 0.2) is 23.4 Å². The van der Waals surface area contributed by atoms with E-state index in [2.05, 4.69) is 15.6 Å². The maximum Gasteiger partial charge on any atom is 0.310 e. The van der Waals surface area contributed by atoms with E-state index >= 15 is 0 Å². The Morgan fingerprint density at radius 2 is 1.93 bits per heavy atom. The van der Waals surface area contributed by atoms with Crippen molar-refractivity contribution in [2.75, 3.05) is 38.6 Å². The van der Waals surface area contributed by atoms with Crippen molar-refractivity contribution in [2.45, 2.75) is 13.8 Å². The largest absolute Gasteiger partial charge is 0.469 e. The van der Waals surface area contributed by atoms with Gasteiger partial charge in [-0.05, 0) is 25.0 Å². The van der Waals surface area contributed by atoms with Crippen LogP contribution in [0.1, 0.15) is 13.8 Å². The molecule has 1 saturated heterocycles. The number of carbonyl (C=O) groups is 2. The monoisotopic (exact) mass is 528 g/mol. The summed E-state index contributed by atoms with van der Waals surface area (Å²) in [6, 6.07) is 1.66. The summed E-state index contributed by atoms with van der Waals surface area (Å²) in [6.45, 7) is 4.87. The summed E-state index contributed by atoms with van der Waals surface area (Å²) in [5.41, 5.74) is -0.468. The average molecular weight is 528 g/mol. The minimum atomic E-state index is -1.66. The van der Waals surface area contributed by atoms with Crippen LogP contribution in [0.15, 0.2) is 17.1 Å². The highest BCUT2D eigenvalue weighted by Gasteiger charge is 2.36. The third-order valence-electron chi connectivity index (χ3n) is 4.43. The van der Waals surface area contributed by atoms with Crippen LogP contribution in [0.4, 0.5) is 18.9 Å². The minimum absolute atomic E-state index is 0. The van der Waals surface area contributed by atoms with Gasteiger partial charge in [0.25, 0.3) is 0 Å². The second-order valence-corrected chi connectivity index (χ2v) is 6.45. The first-order valence-electron chi connectivity index (χ1n) is 8.82. The van der Waals surface area contributed by atoms with Gasteiger partial charge in [0, 0.05) is 19.6 Å². The van der Waals surface area contributed by atoms with E-state index in [1.165, 1.54) is 7.11 Å². The molecule has 0 spiro atoms. The molecule has 1 aliphatic rings. The van der Waals surface area contributed by atoms with E-state index in [4.69, 9.17) is 4.74 Å². The second-order valence-electron chi connectivity index (χ2n) is 6.45. The predicted octanol–water partition coefficient (Wildman–Crippen LogP) is 2.37. The number of nitrogens with one attached hydrogen (secondary N) is 2. The summed E-state index contributed by atoms with van der Waals surface area (Å²) in [6.07, 6.45) is 0. The van der Waals surface area contributed by atoms with Crippen LogP contribution in [0.5, 0.6) is 0 Å². The summed E-state index contributed by atoms with van der Waals surface area (Å²) in [5.74, 6) is -5.32. The van der Waals surface area contributed by atoms with Crippen molar-refractivity contribution < 1.29 is 27.5 Å². The van der Waals surface area contributed by atoms with Crippen LogP contribution in [0.2, 0.25) is 0 Å². The predicted molar refractivity (Wildman–Crippen MR) is 113 cm³/mol. The number of benzene rings is 1. The fourth-order valence-corrected chi connectivity index (χ4v) is 2.98. The molecule has 2 N–H and O–H groups in total. The van der Waals surface area contributed by atoms with Gasteiger partial charge in [-0.2, -0.15) is 0 Å². The Bertz CT molecular complexity index is 779. The quantitative estimate of drug-likeness (QED) is 0.202. The molecule has 2 atom stereocenters. The Hall–Kier alpha value is -2.05. The van der Waals surface area contributed by atoms with Crippen LogP contribution < -0.4 is 10.6 Å². The lowest BCUT2D eigenvalue weighted by atomic mass is 9.99. The van der Waals surface area contributed by atoms with Crippen molar-refractivity contribution in [1.29, 1.82) is 0 Å². The molecule has 1 aromatic rings. The van der Waals surface area contributed by atoms with E-state index in [1.54, 1.807) is 0 Å². The second kappa shape index (κ2) is 11.2. The summed E-state index contributed by atoms with van der Waals surface area (Å²) < 4.78 is 44.7. The number of hydrogen-bond donors (Lipinski definition) is 2. The van der Waals surface area contributed by atoms with Crippen molar-refractivity contribution in [1.82, 2.24) is 10.2 Å². The first-order valence-corrected chi connectivity index (χ1v) is 8.82. The summed E-state index contributed by atoms with van der Waals surface area (Å²) in [7, 11) is 1.33. The van der Waals surface area contributed by atoms with Crippen LogP contribution in [-0.4, -0.2) is 56.0 Å². The number of hydrogen-bond acceptors (Lipinski definition) is 4. The van der Waals surface area contributed by atoms with Gasteiger partial charge < -0.3 is 20.3 Å². The third-order valence-corrected chi connectivity index (χ3v) is 4.43. The summed E-state index contributed by atoms with van der Waals surface area (Å²) >= 11 is 0. The summed E-state index contributed by atoms with van der Waals surface area (Å²) in [4.78, 5) is 29.9. The molecule has 162 valence electrons. The molecule has 0 radical (unpaired) electrons. The molecule has 1 fully saturated rings. The van der Waals surface area contributed by atoms with Gasteiger partial charge >= 0.3 is 5.97 Å². The fraction of sp³-hybridized carbons (Fsp3) is 0.500. The number of rotatable bonds is 5. The number of anilines is 1. The molecule has 1 amide bonds. The number of ether oxygens (including phenoxy) is 1. The van der Waals surface area contributed by atoms with E-state index in [1.807, 2.05) is 18.7 Å². The zero-order valence-electron chi connectivity index (χ0n) is 16.3. The molecule has 2 unspecified atom stereocenters. The molecule has 1 aromatic carbocycles. The van der Waals surface area contributed by atoms with Gasteiger partial charge in [-0.25, -0.2) is 18.2 Å². The van der Waals surface area contributed by atoms with Crippen LogP contribution in [0, 0.1) is 29.3 Å². The van der Waals surface area contributed by atoms with Gasteiger partial charge in [-0.1, -0.05) is 6.92 Å². The smallest absolute Gasteiger partial charge is 0.310 e. The number of nitrogens with zero attached hydrogens (tertiary/aromatic N) is 2. The molecule has 29 heavy (non-hydrogen) atoms. The van der Waals surface area contributed by atoms with Gasteiger partial charge in [0.2, 0.25) is 5.91 Å². The molecule has 0 saturated carbocycles.